The molecular formula is C21H24BrN5O3. The molecule has 0 amide bonds. The van der Waals surface area contributed by atoms with Gasteiger partial charge in [0.25, 0.3) is 0 Å². The summed E-state index contributed by atoms with van der Waals surface area (Å²) in [6.07, 6.45) is 1.80. The highest BCUT2D eigenvalue weighted by atomic mass is 79.9. The topological polar surface area (TPSA) is 92.5 Å². The molecule has 8 nitrogen and oxygen atoms in total. The summed E-state index contributed by atoms with van der Waals surface area (Å²) in [5.41, 5.74) is 2.70. The number of nitrogens with one attached hydrogen (secondary N) is 1. The van der Waals surface area contributed by atoms with Gasteiger partial charge in [-0.2, -0.15) is 0 Å². The zero-order chi connectivity index (χ0) is 20.9. The largest absolute Gasteiger partial charge is 0.506 e. The number of hydrogen-bond acceptors (Lipinski definition) is 7. The number of aldehydes is 1. The van der Waals surface area contributed by atoms with Gasteiger partial charge in [-0.3, -0.25) is 9.69 Å². The van der Waals surface area contributed by atoms with Gasteiger partial charge in [-0.1, -0.05) is 0 Å². The molecule has 9 heteroatoms. The number of ether oxygens (including phenoxy) is 1. The molecular weight excluding hydrogens is 450 g/mol. The number of hydrogen-bond donors (Lipinski definition) is 2. The molecule has 0 spiro atoms. The maximum absolute atomic E-state index is 11.3. The van der Waals surface area contributed by atoms with Crippen LogP contribution in [0.15, 0.2) is 34.9 Å². The predicted octanol–water partition coefficient (Wildman–Crippen LogP) is 2.89. The van der Waals surface area contributed by atoms with Gasteiger partial charge in [0.15, 0.2) is 0 Å². The standard InChI is InChI=1S/C21H24BrN5O3/c22-20-5-4-19(29)17(24-20)13-27-18-12-15(14-28)2-3-16(18)25-21(27)23-6-1-7-26-8-10-30-11-9-26/h2-5,12,14,29H,1,6-11,13H2,(H,23,25). The summed E-state index contributed by atoms with van der Waals surface area (Å²) in [4.78, 5) is 22.8. The molecule has 0 saturated carbocycles. The molecule has 0 radical (unpaired) electrons. The fourth-order valence-corrected chi connectivity index (χ4v) is 3.92. The van der Waals surface area contributed by atoms with Gasteiger partial charge in [0.2, 0.25) is 5.95 Å². The van der Waals surface area contributed by atoms with Crippen molar-refractivity contribution >= 4 is 39.2 Å². The second-order valence-corrected chi connectivity index (χ2v) is 8.03. The molecule has 158 valence electrons. The van der Waals surface area contributed by atoms with E-state index in [2.05, 4.69) is 31.1 Å². The Morgan fingerprint density at radius 1 is 1.20 bits per heavy atom. The minimum atomic E-state index is 0.116. The summed E-state index contributed by atoms with van der Waals surface area (Å²) >= 11 is 3.36. The summed E-state index contributed by atoms with van der Waals surface area (Å²) in [7, 11) is 0. The Labute approximate surface area is 183 Å². The van der Waals surface area contributed by atoms with Crippen LogP contribution in [0, 0.1) is 0 Å². The van der Waals surface area contributed by atoms with E-state index in [-0.39, 0.29) is 5.75 Å². The highest BCUT2D eigenvalue weighted by Gasteiger charge is 2.15. The summed E-state index contributed by atoms with van der Waals surface area (Å²) in [6.45, 7) is 5.63. The van der Waals surface area contributed by atoms with Crippen molar-refractivity contribution in [2.24, 2.45) is 0 Å². The Morgan fingerprint density at radius 3 is 2.83 bits per heavy atom. The van der Waals surface area contributed by atoms with Crippen LogP contribution in [0.5, 0.6) is 5.75 Å². The fraction of sp³-hybridized carbons (Fsp3) is 0.381. The lowest BCUT2D eigenvalue weighted by Crippen LogP contribution is -2.37. The number of pyridine rings is 1. The number of imidazole rings is 1. The molecule has 1 saturated heterocycles. The van der Waals surface area contributed by atoms with Crippen LogP contribution in [0.2, 0.25) is 0 Å². The van der Waals surface area contributed by atoms with E-state index < -0.39 is 0 Å². The first-order chi connectivity index (χ1) is 14.6. The number of benzene rings is 1. The van der Waals surface area contributed by atoms with E-state index in [4.69, 9.17) is 9.72 Å². The molecule has 1 aromatic carbocycles. The SMILES string of the molecule is O=Cc1ccc2nc(NCCCN3CCOCC3)n(Cc3nc(Br)ccc3O)c2c1. The smallest absolute Gasteiger partial charge is 0.204 e. The number of halogens is 1. The molecule has 1 aliphatic heterocycles. The molecule has 0 atom stereocenters. The van der Waals surface area contributed by atoms with Crippen LogP contribution in [0.3, 0.4) is 0 Å². The van der Waals surface area contributed by atoms with Crippen molar-refractivity contribution in [3.8, 4) is 5.75 Å². The molecule has 0 unspecified atom stereocenters. The van der Waals surface area contributed by atoms with Crippen molar-refractivity contribution in [2.45, 2.75) is 13.0 Å². The Bertz CT molecular complexity index is 1030. The second-order valence-electron chi connectivity index (χ2n) is 7.22. The first kappa shape index (κ1) is 20.8. The Balaban J connectivity index is 1.55. The van der Waals surface area contributed by atoms with Crippen molar-refractivity contribution in [2.75, 3.05) is 44.7 Å². The molecule has 1 fully saturated rings. The number of carbonyl (C=O) groups is 1. The number of nitrogens with zero attached hydrogens (tertiary/aromatic N) is 4. The van der Waals surface area contributed by atoms with Gasteiger partial charge in [-0.25, -0.2) is 9.97 Å². The van der Waals surface area contributed by atoms with Crippen molar-refractivity contribution < 1.29 is 14.6 Å². The minimum Gasteiger partial charge on any atom is -0.506 e. The van der Waals surface area contributed by atoms with Gasteiger partial charge in [0.05, 0.1) is 30.8 Å². The summed E-state index contributed by atoms with van der Waals surface area (Å²) in [5.74, 6) is 0.807. The molecule has 4 rings (SSSR count). The van der Waals surface area contributed by atoms with Gasteiger partial charge < -0.3 is 19.7 Å². The van der Waals surface area contributed by atoms with Gasteiger partial charge in [0, 0.05) is 25.2 Å². The number of aromatic nitrogens is 3. The summed E-state index contributed by atoms with van der Waals surface area (Å²) < 4.78 is 7.99. The monoisotopic (exact) mass is 473 g/mol. The Morgan fingerprint density at radius 2 is 2.03 bits per heavy atom. The maximum atomic E-state index is 11.3. The molecule has 2 N–H and O–H groups in total. The maximum Gasteiger partial charge on any atom is 0.204 e. The zero-order valence-corrected chi connectivity index (χ0v) is 18.1. The minimum absolute atomic E-state index is 0.116. The van der Waals surface area contributed by atoms with Crippen LogP contribution in [0.1, 0.15) is 22.5 Å². The third kappa shape index (κ3) is 4.80. The fourth-order valence-electron chi connectivity index (χ4n) is 3.57. The lowest BCUT2D eigenvalue weighted by Gasteiger charge is -2.26. The molecule has 0 aliphatic carbocycles. The number of carbonyl (C=O) groups excluding carboxylic acids is 1. The Hall–Kier alpha value is -2.49. The van der Waals surface area contributed by atoms with Crippen LogP contribution in [0.4, 0.5) is 5.95 Å². The number of aromatic hydroxyl groups is 1. The van der Waals surface area contributed by atoms with Crippen molar-refractivity contribution in [3.63, 3.8) is 0 Å². The van der Waals surface area contributed by atoms with E-state index in [1.165, 1.54) is 0 Å². The number of rotatable bonds is 8. The molecule has 1 aliphatic rings. The van der Waals surface area contributed by atoms with E-state index in [0.29, 0.717) is 28.4 Å². The van der Waals surface area contributed by atoms with E-state index in [9.17, 15) is 9.90 Å². The van der Waals surface area contributed by atoms with Crippen LogP contribution >= 0.6 is 15.9 Å². The van der Waals surface area contributed by atoms with Crippen molar-refractivity contribution in [1.82, 2.24) is 19.4 Å². The van der Waals surface area contributed by atoms with Crippen LogP contribution in [-0.4, -0.2) is 70.2 Å². The predicted molar refractivity (Wildman–Crippen MR) is 118 cm³/mol. The van der Waals surface area contributed by atoms with E-state index in [0.717, 1.165) is 63.1 Å². The number of fused-ring (bicyclic) bond motifs is 1. The average Bonchev–Trinajstić information content (AvgIpc) is 3.11. The molecule has 3 heterocycles. The third-order valence-electron chi connectivity index (χ3n) is 5.17. The zero-order valence-electron chi connectivity index (χ0n) is 16.6. The van der Waals surface area contributed by atoms with Crippen molar-refractivity contribution in [1.29, 1.82) is 0 Å². The van der Waals surface area contributed by atoms with E-state index in [1.807, 2.05) is 16.7 Å². The van der Waals surface area contributed by atoms with Crippen LogP contribution in [-0.2, 0) is 11.3 Å². The van der Waals surface area contributed by atoms with Gasteiger partial charge in [-0.15, -0.1) is 0 Å². The second kappa shape index (κ2) is 9.55. The normalized spacial score (nSPS) is 14.8. The van der Waals surface area contributed by atoms with Crippen LogP contribution in [0.25, 0.3) is 11.0 Å². The number of morpholine rings is 1. The lowest BCUT2D eigenvalue weighted by atomic mass is 10.2. The highest BCUT2D eigenvalue weighted by molar-refractivity contribution is 9.10. The average molecular weight is 474 g/mol. The Kier molecular flexibility index (Phi) is 6.61. The van der Waals surface area contributed by atoms with Gasteiger partial charge in [-0.05, 0) is 59.2 Å². The van der Waals surface area contributed by atoms with E-state index in [1.54, 1.807) is 18.2 Å². The number of anilines is 1. The quantitative estimate of drug-likeness (QED) is 0.295. The first-order valence-electron chi connectivity index (χ1n) is 9.98. The molecule has 2 aromatic heterocycles. The molecule has 0 bridgehead atoms. The van der Waals surface area contributed by atoms with Gasteiger partial charge in [0.1, 0.15) is 22.3 Å². The molecule has 30 heavy (non-hydrogen) atoms. The lowest BCUT2D eigenvalue weighted by molar-refractivity contribution is 0.0378. The summed E-state index contributed by atoms with van der Waals surface area (Å²) in [6, 6.07) is 8.70. The van der Waals surface area contributed by atoms with Crippen LogP contribution < -0.4 is 5.32 Å². The van der Waals surface area contributed by atoms with Crippen molar-refractivity contribution in [3.05, 3.63) is 46.2 Å². The third-order valence-corrected chi connectivity index (χ3v) is 5.61. The molecule has 3 aromatic rings. The highest BCUT2D eigenvalue weighted by Crippen LogP contribution is 2.25. The van der Waals surface area contributed by atoms with Gasteiger partial charge >= 0.3 is 0 Å². The summed E-state index contributed by atoms with van der Waals surface area (Å²) in [5, 5.41) is 13.7. The first-order valence-corrected chi connectivity index (χ1v) is 10.8. The van der Waals surface area contributed by atoms with E-state index >= 15 is 0 Å².